The first-order valence-electron chi connectivity index (χ1n) is 5.58. The standard InChI is InChI=1S/C10H19N3O2/c1-11-7-2-3-8(10(7)15)13-5-4-12-9(14)6-13/h7-8,10-11,15H,2-6H2,1H3,(H,12,14)/t7-,8-,10-/m1/s1. The van der Waals surface area contributed by atoms with E-state index in [2.05, 4.69) is 15.5 Å². The molecule has 0 bridgehead atoms. The van der Waals surface area contributed by atoms with Crippen molar-refractivity contribution in [3.05, 3.63) is 0 Å². The highest BCUT2D eigenvalue weighted by Gasteiger charge is 2.38. The zero-order chi connectivity index (χ0) is 10.8. The Morgan fingerprint density at radius 2 is 2.33 bits per heavy atom. The first-order chi connectivity index (χ1) is 7.22. The lowest BCUT2D eigenvalue weighted by Crippen LogP contribution is -2.55. The van der Waals surface area contributed by atoms with Crippen molar-refractivity contribution < 1.29 is 9.90 Å². The lowest BCUT2D eigenvalue weighted by molar-refractivity contribution is -0.125. The Morgan fingerprint density at radius 3 is 2.93 bits per heavy atom. The summed E-state index contributed by atoms with van der Waals surface area (Å²) in [6, 6.07) is 0.327. The fourth-order valence-electron chi connectivity index (χ4n) is 2.62. The van der Waals surface area contributed by atoms with Crippen LogP contribution in [-0.2, 0) is 4.79 Å². The molecular formula is C10H19N3O2. The molecule has 1 aliphatic heterocycles. The first-order valence-corrected chi connectivity index (χ1v) is 5.58. The molecule has 0 spiro atoms. The predicted molar refractivity (Wildman–Crippen MR) is 56.5 cm³/mol. The molecular weight excluding hydrogens is 194 g/mol. The van der Waals surface area contributed by atoms with Gasteiger partial charge in [0.25, 0.3) is 0 Å². The monoisotopic (exact) mass is 213 g/mol. The van der Waals surface area contributed by atoms with Crippen LogP contribution in [0.4, 0.5) is 0 Å². The molecule has 86 valence electrons. The van der Waals surface area contributed by atoms with Gasteiger partial charge in [-0.15, -0.1) is 0 Å². The number of aliphatic hydroxyl groups is 1. The van der Waals surface area contributed by atoms with Crippen LogP contribution in [0.5, 0.6) is 0 Å². The summed E-state index contributed by atoms with van der Waals surface area (Å²) in [6.07, 6.45) is 1.61. The van der Waals surface area contributed by atoms with Crippen molar-refractivity contribution >= 4 is 5.91 Å². The van der Waals surface area contributed by atoms with E-state index in [1.165, 1.54) is 0 Å². The molecule has 1 heterocycles. The van der Waals surface area contributed by atoms with E-state index in [-0.39, 0.29) is 24.1 Å². The molecule has 5 heteroatoms. The number of piperazine rings is 1. The summed E-state index contributed by atoms with van der Waals surface area (Å²) >= 11 is 0. The van der Waals surface area contributed by atoms with Crippen molar-refractivity contribution in [1.82, 2.24) is 15.5 Å². The maximum atomic E-state index is 11.2. The van der Waals surface area contributed by atoms with Gasteiger partial charge in [0, 0.05) is 25.2 Å². The summed E-state index contributed by atoms with van der Waals surface area (Å²) in [7, 11) is 1.87. The third-order valence-corrected chi connectivity index (χ3v) is 3.49. The highest BCUT2D eigenvalue weighted by molar-refractivity contribution is 5.78. The quantitative estimate of drug-likeness (QED) is 0.524. The molecule has 0 aromatic carbocycles. The maximum Gasteiger partial charge on any atom is 0.234 e. The molecule has 1 amide bonds. The van der Waals surface area contributed by atoms with Gasteiger partial charge >= 0.3 is 0 Å². The summed E-state index contributed by atoms with van der Waals surface area (Å²) in [5.74, 6) is 0.0707. The van der Waals surface area contributed by atoms with Crippen LogP contribution >= 0.6 is 0 Å². The van der Waals surface area contributed by atoms with Crippen LogP contribution in [0.25, 0.3) is 0 Å². The molecule has 1 saturated carbocycles. The molecule has 0 aromatic rings. The Bertz CT molecular complexity index is 247. The van der Waals surface area contributed by atoms with Gasteiger partial charge < -0.3 is 15.7 Å². The third-order valence-electron chi connectivity index (χ3n) is 3.49. The summed E-state index contributed by atoms with van der Waals surface area (Å²) in [5.41, 5.74) is 0. The van der Waals surface area contributed by atoms with Gasteiger partial charge in [0.1, 0.15) is 0 Å². The second kappa shape index (κ2) is 4.47. The minimum absolute atomic E-state index is 0.0707. The van der Waals surface area contributed by atoms with Crippen LogP contribution in [-0.4, -0.2) is 60.8 Å². The summed E-state index contributed by atoms with van der Waals surface area (Å²) in [6.45, 7) is 1.98. The Hall–Kier alpha value is -0.650. The number of amides is 1. The van der Waals surface area contributed by atoms with E-state index >= 15 is 0 Å². The number of rotatable bonds is 2. The molecule has 15 heavy (non-hydrogen) atoms. The van der Waals surface area contributed by atoms with Crippen molar-refractivity contribution in [2.75, 3.05) is 26.7 Å². The second-order valence-electron chi connectivity index (χ2n) is 4.35. The van der Waals surface area contributed by atoms with Crippen LogP contribution in [0.2, 0.25) is 0 Å². The minimum atomic E-state index is -0.346. The van der Waals surface area contributed by atoms with E-state index < -0.39 is 0 Å². The number of aliphatic hydroxyl groups excluding tert-OH is 1. The average molecular weight is 213 g/mol. The number of hydrogen-bond acceptors (Lipinski definition) is 4. The van der Waals surface area contributed by atoms with Crippen LogP contribution < -0.4 is 10.6 Å². The fraction of sp³-hybridized carbons (Fsp3) is 0.900. The summed E-state index contributed by atoms with van der Waals surface area (Å²) in [4.78, 5) is 13.3. The van der Waals surface area contributed by atoms with E-state index in [1.807, 2.05) is 7.05 Å². The Morgan fingerprint density at radius 1 is 1.53 bits per heavy atom. The molecule has 3 N–H and O–H groups in total. The maximum absolute atomic E-state index is 11.2. The van der Waals surface area contributed by atoms with Crippen molar-refractivity contribution in [2.45, 2.75) is 31.0 Å². The van der Waals surface area contributed by atoms with Crippen LogP contribution in [0, 0.1) is 0 Å². The SMILES string of the molecule is CN[C@@H]1CC[C@@H](N2CCNC(=O)C2)[C@@H]1O. The molecule has 1 aliphatic carbocycles. The number of likely N-dealkylation sites (N-methyl/N-ethyl adjacent to an activating group) is 1. The third kappa shape index (κ3) is 2.14. The van der Waals surface area contributed by atoms with E-state index in [9.17, 15) is 9.90 Å². The van der Waals surface area contributed by atoms with Crippen molar-refractivity contribution in [3.63, 3.8) is 0 Å². The zero-order valence-corrected chi connectivity index (χ0v) is 9.07. The topological polar surface area (TPSA) is 64.6 Å². The normalized spacial score (nSPS) is 38.0. The molecule has 2 rings (SSSR count). The van der Waals surface area contributed by atoms with E-state index in [0.29, 0.717) is 13.1 Å². The van der Waals surface area contributed by atoms with Gasteiger partial charge in [0.15, 0.2) is 0 Å². The van der Waals surface area contributed by atoms with E-state index in [0.717, 1.165) is 19.4 Å². The molecule has 0 aromatic heterocycles. The van der Waals surface area contributed by atoms with Crippen molar-refractivity contribution in [2.24, 2.45) is 0 Å². The fourth-order valence-corrected chi connectivity index (χ4v) is 2.62. The van der Waals surface area contributed by atoms with Crippen molar-refractivity contribution in [3.8, 4) is 0 Å². The van der Waals surface area contributed by atoms with E-state index in [1.54, 1.807) is 0 Å². The van der Waals surface area contributed by atoms with E-state index in [4.69, 9.17) is 0 Å². The molecule has 1 saturated heterocycles. The van der Waals surface area contributed by atoms with Crippen LogP contribution in [0.3, 0.4) is 0 Å². The molecule has 2 aliphatic rings. The van der Waals surface area contributed by atoms with Crippen molar-refractivity contribution in [1.29, 1.82) is 0 Å². The number of hydrogen-bond donors (Lipinski definition) is 3. The summed E-state index contributed by atoms with van der Waals surface area (Å²) < 4.78 is 0. The number of nitrogens with zero attached hydrogens (tertiary/aromatic N) is 1. The van der Waals surface area contributed by atoms with Gasteiger partial charge in [-0.05, 0) is 19.9 Å². The minimum Gasteiger partial charge on any atom is -0.390 e. The molecule has 5 nitrogen and oxygen atoms in total. The van der Waals surface area contributed by atoms with Crippen LogP contribution in [0.15, 0.2) is 0 Å². The number of carbonyl (C=O) groups excluding carboxylic acids is 1. The predicted octanol–water partition coefficient (Wildman–Crippen LogP) is -1.47. The number of carbonyl (C=O) groups is 1. The zero-order valence-electron chi connectivity index (χ0n) is 9.07. The Balaban J connectivity index is 1.96. The largest absolute Gasteiger partial charge is 0.390 e. The van der Waals surface area contributed by atoms with Gasteiger partial charge in [-0.1, -0.05) is 0 Å². The van der Waals surface area contributed by atoms with Crippen LogP contribution in [0.1, 0.15) is 12.8 Å². The Kier molecular flexibility index (Phi) is 3.23. The van der Waals surface area contributed by atoms with Gasteiger partial charge in [0.2, 0.25) is 5.91 Å². The van der Waals surface area contributed by atoms with Gasteiger partial charge in [-0.2, -0.15) is 0 Å². The van der Waals surface area contributed by atoms with Gasteiger partial charge in [-0.3, -0.25) is 9.69 Å². The molecule has 0 unspecified atom stereocenters. The molecule has 3 atom stereocenters. The average Bonchev–Trinajstić information content (AvgIpc) is 2.59. The van der Waals surface area contributed by atoms with Gasteiger partial charge in [0.05, 0.1) is 12.6 Å². The Labute approximate surface area is 89.8 Å². The lowest BCUT2D eigenvalue weighted by atomic mass is 10.1. The molecule has 2 fully saturated rings. The lowest BCUT2D eigenvalue weighted by Gasteiger charge is -2.34. The first kappa shape index (κ1) is 10.9. The highest BCUT2D eigenvalue weighted by Crippen LogP contribution is 2.24. The van der Waals surface area contributed by atoms with Gasteiger partial charge in [-0.25, -0.2) is 0 Å². The second-order valence-corrected chi connectivity index (χ2v) is 4.35. The highest BCUT2D eigenvalue weighted by atomic mass is 16.3. The smallest absolute Gasteiger partial charge is 0.234 e. The summed E-state index contributed by atoms with van der Waals surface area (Å²) in [5, 5.41) is 16.0. The number of nitrogens with one attached hydrogen (secondary N) is 2. The molecule has 0 radical (unpaired) electrons.